The lowest BCUT2D eigenvalue weighted by molar-refractivity contribution is -0.118. The largest absolute Gasteiger partial charge is 0.324 e. The lowest BCUT2D eigenvalue weighted by Gasteiger charge is -2.21. The second-order valence-corrected chi connectivity index (χ2v) is 3.76. The summed E-state index contributed by atoms with van der Waals surface area (Å²) >= 11 is 0. The van der Waals surface area contributed by atoms with E-state index < -0.39 is 0 Å². The summed E-state index contributed by atoms with van der Waals surface area (Å²) in [6, 6.07) is -0.213. The SMILES string of the molecule is O=C(Nc1ncc[nH]c1=O)C1CCCCN1. The summed E-state index contributed by atoms with van der Waals surface area (Å²) in [7, 11) is 0. The Bertz CT molecular complexity index is 423. The summed E-state index contributed by atoms with van der Waals surface area (Å²) < 4.78 is 0. The number of H-pyrrole nitrogens is 1. The number of carbonyl (C=O) groups is 1. The topological polar surface area (TPSA) is 86.9 Å². The van der Waals surface area contributed by atoms with Crippen LogP contribution in [0.25, 0.3) is 0 Å². The van der Waals surface area contributed by atoms with E-state index in [1.165, 1.54) is 12.4 Å². The molecular formula is C10H14N4O2. The Labute approximate surface area is 92.5 Å². The van der Waals surface area contributed by atoms with Crippen molar-refractivity contribution in [1.29, 1.82) is 0 Å². The van der Waals surface area contributed by atoms with Gasteiger partial charge in [-0.05, 0) is 19.4 Å². The van der Waals surface area contributed by atoms with E-state index in [1.54, 1.807) is 0 Å². The van der Waals surface area contributed by atoms with Gasteiger partial charge in [0.25, 0.3) is 5.56 Å². The third-order valence-electron chi connectivity index (χ3n) is 2.58. The molecule has 16 heavy (non-hydrogen) atoms. The van der Waals surface area contributed by atoms with Crippen molar-refractivity contribution in [3.63, 3.8) is 0 Å². The fourth-order valence-corrected chi connectivity index (χ4v) is 1.72. The van der Waals surface area contributed by atoms with Gasteiger partial charge in [-0.3, -0.25) is 9.59 Å². The molecular weight excluding hydrogens is 208 g/mol. The molecule has 0 bridgehead atoms. The van der Waals surface area contributed by atoms with Crippen LogP contribution in [0.2, 0.25) is 0 Å². The van der Waals surface area contributed by atoms with Crippen LogP contribution in [0.1, 0.15) is 19.3 Å². The maximum absolute atomic E-state index is 11.8. The molecule has 2 heterocycles. The van der Waals surface area contributed by atoms with Gasteiger partial charge in [0.15, 0.2) is 5.82 Å². The maximum Gasteiger partial charge on any atom is 0.291 e. The summed E-state index contributed by atoms with van der Waals surface area (Å²) in [6.07, 6.45) is 5.79. The number of piperidine rings is 1. The second-order valence-electron chi connectivity index (χ2n) is 3.76. The lowest BCUT2D eigenvalue weighted by atomic mass is 10.0. The zero-order chi connectivity index (χ0) is 11.4. The van der Waals surface area contributed by atoms with Gasteiger partial charge in [0.2, 0.25) is 5.91 Å². The second kappa shape index (κ2) is 4.89. The standard InChI is InChI=1S/C10H14N4O2/c15-9(7-3-1-2-4-11-7)14-8-10(16)13-6-5-12-8/h5-7,11H,1-4H2,(H,13,16)(H,12,14,15). The minimum Gasteiger partial charge on any atom is -0.324 e. The number of aromatic nitrogens is 2. The number of aromatic amines is 1. The molecule has 1 aliphatic rings. The predicted molar refractivity (Wildman–Crippen MR) is 59.1 cm³/mol. The molecule has 1 aromatic rings. The van der Waals surface area contributed by atoms with Crippen molar-refractivity contribution in [2.75, 3.05) is 11.9 Å². The summed E-state index contributed by atoms with van der Waals surface area (Å²) in [4.78, 5) is 29.3. The molecule has 1 amide bonds. The van der Waals surface area contributed by atoms with Crippen LogP contribution in [-0.4, -0.2) is 28.5 Å². The van der Waals surface area contributed by atoms with Crippen molar-refractivity contribution in [3.05, 3.63) is 22.7 Å². The van der Waals surface area contributed by atoms with Gasteiger partial charge in [0.05, 0.1) is 6.04 Å². The number of hydrogen-bond acceptors (Lipinski definition) is 4. The van der Waals surface area contributed by atoms with Gasteiger partial charge in [0, 0.05) is 12.4 Å². The van der Waals surface area contributed by atoms with E-state index in [2.05, 4.69) is 20.6 Å². The first kappa shape index (κ1) is 10.8. The fraction of sp³-hybridized carbons (Fsp3) is 0.500. The average molecular weight is 222 g/mol. The van der Waals surface area contributed by atoms with Crippen molar-refractivity contribution in [3.8, 4) is 0 Å². The zero-order valence-electron chi connectivity index (χ0n) is 8.82. The summed E-state index contributed by atoms with van der Waals surface area (Å²) in [6.45, 7) is 0.844. The smallest absolute Gasteiger partial charge is 0.291 e. The van der Waals surface area contributed by atoms with Crippen LogP contribution in [0.5, 0.6) is 0 Å². The molecule has 0 spiro atoms. The van der Waals surface area contributed by atoms with E-state index in [0.29, 0.717) is 0 Å². The van der Waals surface area contributed by atoms with Crippen LogP contribution in [-0.2, 0) is 4.79 Å². The molecule has 1 aliphatic heterocycles. The molecule has 0 radical (unpaired) electrons. The highest BCUT2D eigenvalue weighted by molar-refractivity contribution is 5.93. The van der Waals surface area contributed by atoms with Crippen molar-refractivity contribution in [2.45, 2.75) is 25.3 Å². The van der Waals surface area contributed by atoms with Crippen LogP contribution in [0.15, 0.2) is 17.2 Å². The Morgan fingerprint density at radius 1 is 1.50 bits per heavy atom. The van der Waals surface area contributed by atoms with Gasteiger partial charge >= 0.3 is 0 Å². The van der Waals surface area contributed by atoms with Gasteiger partial charge < -0.3 is 15.6 Å². The Hall–Kier alpha value is -1.69. The fourth-order valence-electron chi connectivity index (χ4n) is 1.72. The first-order valence-corrected chi connectivity index (χ1v) is 5.35. The molecule has 1 aromatic heterocycles. The number of nitrogens with zero attached hydrogens (tertiary/aromatic N) is 1. The monoisotopic (exact) mass is 222 g/mol. The van der Waals surface area contributed by atoms with Gasteiger partial charge in [-0.25, -0.2) is 4.98 Å². The Kier molecular flexibility index (Phi) is 3.31. The van der Waals surface area contributed by atoms with Gasteiger partial charge in [-0.1, -0.05) is 6.42 Å². The van der Waals surface area contributed by atoms with E-state index in [0.717, 1.165) is 25.8 Å². The molecule has 3 N–H and O–H groups in total. The van der Waals surface area contributed by atoms with Crippen LogP contribution in [0, 0.1) is 0 Å². The molecule has 6 nitrogen and oxygen atoms in total. The minimum atomic E-state index is -0.383. The van der Waals surface area contributed by atoms with Crippen LogP contribution in [0.4, 0.5) is 5.82 Å². The molecule has 86 valence electrons. The van der Waals surface area contributed by atoms with Gasteiger partial charge in [-0.15, -0.1) is 0 Å². The quantitative estimate of drug-likeness (QED) is 0.649. The van der Waals surface area contributed by atoms with Crippen molar-refractivity contribution >= 4 is 11.7 Å². The van der Waals surface area contributed by atoms with Gasteiger partial charge in [-0.2, -0.15) is 0 Å². The van der Waals surface area contributed by atoms with E-state index in [-0.39, 0.29) is 23.3 Å². The van der Waals surface area contributed by atoms with E-state index >= 15 is 0 Å². The number of amides is 1. The summed E-state index contributed by atoms with van der Waals surface area (Å²) in [5, 5.41) is 5.63. The molecule has 1 unspecified atom stereocenters. The molecule has 0 aliphatic carbocycles. The predicted octanol–water partition coefficient (Wildman–Crippen LogP) is -0.150. The Morgan fingerprint density at radius 2 is 2.38 bits per heavy atom. The lowest BCUT2D eigenvalue weighted by Crippen LogP contribution is -2.44. The third kappa shape index (κ3) is 2.46. The average Bonchev–Trinajstić information content (AvgIpc) is 2.33. The zero-order valence-corrected chi connectivity index (χ0v) is 8.82. The first-order chi connectivity index (χ1) is 7.77. The van der Waals surface area contributed by atoms with Crippen molar-refractivity contribution in [1.82, 2.24) is 15.3 Å². The van der Waals surface area contributed by atoms with E-state index in [9.17, 15) is 9.59 Å². The maximum atomic E-state index is 11.8. The Morgan fingerprint density at radius 3 is 3.06 bits per heavy atom. The van der Waals surface area contributed by atoms with E-state index in [1.807, 2.05) is 0 Å². The van der Waals surface area contributed by atoms with Crippen LogP contribution < -0.4 is 16.2 Å². The number of anilines is 1. The third-order valence-corrected chi connectivity index (χ3v) is 2.58. The van der Waals surface area contributed by atoms with Gasteiger partial charge in [0.1, 0.15) is 0 Å². The number of nitrogens with one attached hydrogen (secondary N) is 3. The Balaban J connectivity index is 2.01. The number of rotatable bonds is 2. The van der Waals surface area contributed by atoms with E-state index in [4.69, 9.17) is 0 Å². The van der Waals surface area contributed by atoms with Crippen LogP contribution >= 0.6 is 0 Å². The molecule has 1 fully saturated rings. The molecule has 2 rings (SSSR count). The highest BCUT2D eigenvalue weighted by Crippen LogP contribution is 2.08. The summed E-state index contributed by atoms with van der Waals surface area (Å²) in [5.41, 5.74) is -0.383. The van der Waals surface area contributed by atoms with Crippen molar-refractivity contribution in [2.24, 2.45) is 0 Å². The molecule has 0 aromatic carbocycles. The molecule has 1 saturated heterocycles. The molecule has 1 atom stereocenters. The molecule has 0 saturated carbocycles. The summed E-state index contributed by atoms with van der Waals surface area (Å²) in [5.74, 6) is -0.135. The number of hydrogen-bond donors (Lipinski definition) is 3. The highest BCUT2D eigenvalue weighted by atomic mass is 16.2. The van der Waals surface area contributed by atoms with Crippen molar-refractivity contribution < 1.29 is 4.79 Å². The first-order valence-electron chi connectivity index (χ1n) is 5.35. The van der Waals surface area contributed by atoms with Crippen LogP contribution in [0.3, 0.4) is 0 Å². The molecule has 6 heteroatoms. The highest BCUT2D eigenvalue weighted by Gasteiger charge is 2.21. The number of carbonyl (C=O) groups excluding carboxylic acids is 1. The minimum absolute atomic E-state index is 0.0554. The normalized spacial score (nSPS) is 20.4.